The molecule has 0 aliphatic heterocycles. The number of aliphatic imine (C=N–C) groups is 1. The highest BCUT2D eigenvalue weighted by molar-refractivity contribution is 7.71. The number of H-pyrrole nitrogens is 1. The molecule has 2 N–H and O–H groups in total. The average Bonchev–Trinajstić information content (AvgIpc) is 2.64. The Hall–Kier alpha value is -1.43. The number of aromatic nitrogens is 2. The molecule has 0 saturated heterocycles. The molecule has 0 aromatic carbocycles. The minimum Gasteiger partial charge on any atom is -0.494 e. The molecule has 19 heavy (non-hydrogen) atoms. The first kappa shape index (κ1) is 14.0. The zero-order valence-electron chi connectivity index (χ0n) is 11.1. The highest BCUT2D eigenvalue weighted by Gasteiger charge is 2.12. The van der Waals surface area contributed by atoms with Crippen LogP contribution in [0.4, 0.5) is 0 Å². The summed E-state index contributed by atoms with van der Waals surface area (Å²) >= 11 is 4.92. The van der Waals surface area contributed by atoms with Gasteiger partial charge in [0.2, 0.25) is 5.88 Å². The Kier molecular flexibility index (Phi) is 4.52. The van der Waals surface area contributed by atoms with E-state index in [0.29, 0.717) is 0 Å². The number of aromatic amines is 1. The van der Waals surface area contributed by atoms with Crippen molar-refractivity contribution >= 4 is 18.4 Å². The van der Waals surface area contributed by atoms with Gasteiger partial charge in [0.05, 0.1) is 0 Å². The SMILES string of the molecule is Cn1c(O)c(C=NC2CCCCCC2)c(=O)[nH]c1=S. The van der Waals surface area contributed by atoms with Gasteiger partial charge in [-0.1, -0.05) is 25.7 Å². The van der Waals surface area contributed by atoms with E-state index < -0.39 is 5.56 Å². The van der Waals surface area contributed by atoms with Gasteiger partial charge in [-0.05, 0) is 25.1 Å². The largest absolute Gasteiger partial charge is 0.494 e. The molecule has 0 unspecified atom stereocenters. The highest BCUT2D eigenvalue weighted by Crippen LogP contribution is 2.20. The third kappa shape index (κ3) is 3.32. The molecule has 104 valence electrons. The second-order valence-corrected chi connectivity index (χ2v) is 5.37. The second-order valence-electron chi connectivity index (χ2n) is 4.98. The number of hydrogen-bond acceptors (Lipinski definition) is 4. The molecule has 1 aliphatic rings. The van der Waals surface area contributed by atoms with E-state index in [1.54, 1.807) is 7.05 Å². The van der Waals surface area contributed by atoms with Gasteiger partial charge in [-0.2, -0.15) is 0 Å². The van der Waals surface area contributed by atoms with Crippen LogP contribution in [0.15, 0.2) is 9.79 Å². The van der Waals surface area contributed by atoms with E-state index in [1.807, 2.05) is 0 Å². The van der Waals surface area contributed by atoms with Gasteiger partial charge in [-0.3, -0.25) is 19.3 Å². The smallest absolute Gasteiger partial charge is 0.264 e. The van der Waals surface area contributed by atoms with E-state index >= 15 is 0 Å². The molecule has 1 aromatic heterocycles. The van der Waals surface area contributed by atoms with Gasteiger partial charge in [-0.25, -0.2) is 0 Å². The van der Waals surface area contributed by atoms with Gasteiger partial charge >= 0.3 is 0 Å². The third-order valence-corrected chi connectivity index (χ3v) is 3.94. The predicted molar refractivity (Wildman–Crippen MR) is 77.6 cm³/mol. The summed E-state index contributed by atoms with van der Waals surface area (Å²) in [5.74, 6) is -0.133. The normalized spacial score (nSPS) is 17.7. The van der Waals surface area contributed by atoms with Crippen molar-refractivity contribution in [2.24, 2.45) is 12.0 Å². The number of nitrogens with one attached hydrogen (secondary N) is 1. The van der Waals surface area contributed by atoms with Gasteiger partial charge in [0.25, 0.3) is 5.56 Å². The first-order valence-corrected chi connectivity index (χ1v) is 7.06. The molecule has 1 fully saturated rings. The Balaban J connectivity index is 2.25. The van der Waals surface area contributed by atoms with Crippen LogP contribution in [0.25, 0.3) is 0 Å². The lowest BCUT2D eigenvalue weighted by Crippen LogP contribution is -2.18. The van der Waals surface area contributed by atoms with Crippen LogP contribution < -0.4 is 5.56 Å². The zero-order chi connectivity index (χ0) is 13.8. The molecule has 6 heteroatoms. The molecular weight excluding hydrogens is 262 g/mol. The molecule has 0 spiro atoms. The van der Waals surface area contributed by atoms with E-state index in [4.69, 9.17) is 12.2 Å². The van der Waals surface area contributed by atoms with Crippen LogP contribution in [-0.4, -0.2) is 26.9 Å². The van der Waals surface area contributed by atoms with Crippen molar-refractivity contribution < 1.29 is 5.11 Å². The third-order valence-electron chi connectivity index (χ3n) is 3.57. The highest BCUT2D eigenvalue weighted by atomic mass is 32.1. The van der Waals surface area contributed by atoms with E-state index in [2.05, 4.69) is 9.98 Å². The first-order valence-electron chi connectivity index (χ1n) is 6.65. The molecule has 1 heterocycles. The molecule has 0 atom stereocenters. The van der Waals surface area contributed by atoms with E-state index in [1.165, 1.54) is 36.5 Å². The maximum Gasteiger partial charge on any atom is 0.264 e. The van der Waals surface area contributed by atoms with Crippen molar-refractivity contribution in [3.8, 4) is 5.88 Å². The van der Waals surface area contributed by atoms with Crippen LogP contribution in [0.5, 0.6) is 5.88 Å². The fourth-order valence-corrected chi connectivity index (χ4v) is 2.51. The fourth-order valence-electron chi connectivity index (χ4n) is 2.33. The van der Waals surface area contributed by atoms with E-state index in [9.17, 15) is 9.90 Å². The van der Waals surface area contributed by atoms with E-state index in [-0.39, 0.29) is 22.3 Å². The number of nitrogens with zero attached hydrogens (tertiary/aromatic N) is 2. The number of aromatic hydroxyl groups is 1. The maximum atomic E-state index is 11.8. The fraction of sp³-hybridized carbons (Fsp3) is 0.615. The van der Waals surface area contributed by atoms with Crippen molar-refractivity contribution in [3.05, 3.63) is 20.7 Å². The van der Waals surface area contributed by atoms with Crippen LogP contribution in [0.1, 0.15) is 44.1 Å². The lowest BCUT2D eigenvalue weighted by molar-refractivity contribution is 0.420. The predicted octanol–water partition coefficient (Wildman–Crippen LogP) is 2.29. The van der Waals surface area contributed by atoms with Gasteiger partial charge < -0.3 is 5.11 Å². The van der Waals surface area contributed by atoms with Gasteiger partial charge in [0.15, 0.2) is 4.77 Å². The summed E-state index contributed by atoms with van der Waals surface area (Å²) in [6.45, 7) is 0. The Morgan fingerprint density at radius 2 is 2.00 bits per heavy atom. The van der Waals surface area contributed by atoms with Crippen molar-refractivity contribution in [1.82, 2.24) is 9.55 Å². The molecule has 2 rings (SSSR count). The summed E-state index contributed by atoms with van der Waals surface area (Å²) in [7, 11) is 1.61. The second kappa shape index (κ2) is 6.14. The Labute approximate surface area is 117 Å². The van der Waals surface area contributed by atoms with Gasteiger partial charge in [0.1, 0.15) is 5.56 Å². The van der Waals surface area contributed by atoms with Gasteiger partial charge in [0, 0.05) is 19.3 Å². The molecule has 5 nitrogen and oxygen atoms in total. The van der Waals surface area contributed by atoms with Crippen LogP contribution in [0, 0.1) is 4.77 Å². The number of rotatable bonds is 2. The monoisotopic (exact) mass is 281 g/mol. The quantitative estimate of drug-likeness (QED) is 0.496. The summed E-state index contributed by atoms with van der Waals surface area (Å²) in [5.41, 5.74) is -0.210. The van der Waals surface area contributed by atoms with Crippen LogP contribution in [0.2, 0.25) is 0 Å². The number of hydrogen-bond donors (Lipinski definition) is 2. The Morgan fingerprint density at radius 3 is 2.63 bits per heavy atom. The molecule has 0 amide bonds. The van der Waals surface area contributed by atoms with E-state index in [0.717, 1.165) is 12.8 Å². The Morgan fingerprint density at radius 1 is 1.37 bits per heavy atom. The average molecular weight is 281 g/mol. The molecule has 0 bridgehead atoms. The summed E-state index contributed by atoms with van der Waals surface area (Å²) in [6.07, 6.45) is 8.49. The molecule has 1 aliphatic carbocycles. The lowest BCUT2D eigenvalue weighted by atomic mass is 10.1. The summed E-state index contributed by atoms with van der Waals surface area (Å²) in [4.78, 5) is 18.7. The Bertz CT molecular complexity index is 581. The minimum atomic E-state index is -0.391. The summed E-state index contributed by atoms with van der Waals surface area (Å²) < 4.78 is 1.57. The van der Waals surface area contributed by atoms with Crippen molar-refractivity contribution in [3.63, 3.8) is 0 Å². The molecule has 1 aromatic rings. The van der Waals surface area contributed by atoms with Crippen molar-refractivity contribution in [1.29, 1.82) is 0 Å². The maximum absolute atomic E-state index is 11.8. The standard InChI is InChI=1S/C13H19N3O2S/c1-16-12(18)10(11(17)15-13(16)19)8-14-9-6-4-2-3-5-7-9/h8-9,18H,2-7H2,1H3,(H,15,17,19). The molecule has 1 saturated carbocycles. The topological polar surface area (TPSA) is 70.4 Å². The minimum absolute atomic E-state index is 0.133. The van der Waals surface area contributed by atoms with Crippen molar-refractivity contribution in [2.75, 3.05) is 0 Å². The summed E-state index contributed by atoms with van der Waals surface area (Å²) in [6, 6.07) is 0.259. The first-order chi connectivity index (χ1) is 9.09. The molecule has 0 radical (unpaired) electrons. The molecular formula is C13H19N3O2S. The van der Waals surface area contributed by atoms with Crippen LogP contribution in [0.3, 0.4) is 0 Å². The van der Waals surface area contributed by atoms with Crippen LogP contribution in [-0.2, 0) is 7.05 Å². The zero-order valence-corrected chi connectivity index (χ0v) is 11.9. The van der Waals surface area contributed by atoms with Gasteiger partial charge in [-0.15, -0.1) is 0 Å². The summed E-state index contributed by atoms with van der Waals surface area (Å²) in [5, 5.41) is 9.93. The van der Waals surface area contributed by atoms with Crippen molar-refractivity contribution in [2.45, 2.75) is 44.6 Å². The lowest BCUT2D eigenvalue weighted by Gasteiger charge is -2.08. The van der Waals surface area contributed by atoms with Crippen LogP contribution >= 0.6 is 12.2 Å².